The fourth-order valence-electron chi connectivity index (χ4n) is 4.38. The van der Waals surface area contributed by atoms with Crippen molar-refractivity contribution in [1.82, 2.24) is 10.2 Å². The molecular formula is C26H33N3O2. The summed E-state index contributed by atoms with van der Waals surface area (Å²) in [6, 6.07) is 19.4. The molecule has 2 heterocycles. The van der Waals surface area contributed by atoms with Crippen LogP contribution in [0.1, 0.15) is 30.4 Å². The maximum atomic E-state index is 12.4. The number of hydrogen-bond acceptors (Lipinski definition) is 4. The van der Waals surface area contributed by atoms with Crippen molar-refractivity contribution in [2.45, 2.75) is 31.8 Å². The first-order chi connectivity index (χ1) is 15.3. The number of piperidine rings is 1. The van der Waals surface area contributed by atoms with Crippen LogP contribution in [0.4, 0.5) is 5.69 Å². The van der Waals surface area contributed by atoms with Gasteiger partial charge in [0, 0.05) is 44.0 Å². The van der Waals surface area contributed by atoms with Crippen LogP contribution >= 0.6 is 0 Å². The lowest BCUT2D eigenvalue weighted by Crippen LogP contribution is -2.45. The van der Waals surface area contributed by atoms with E-state index in [0.717, 1.165) is 51.4 Å². The number of carbonyl (C=O) groups is 1. The van der Waals surface area contributed by atoms with Crippen LogP contribution in [0, 0.1) is 0 Å². The summed E-state index contributed by atoms with van der Waals surface area (Å²) in [5.41, 5.74) is 3.58. The highest BCUT2D eigenvalue weighted by Crippen LogP contribution is 2.20. The Balaban J connectivity index is 1.26. The van der Waals surface area contributed by atoms with Crippen molar-refractivity contribution in [2.24, 2.45) is 0 Å². The summed E-state index contributed by atoms with van der Waals surface area (Å²) in [7, 11) is 0. The van der Waals surface area contributed by atoms with E-state index in [1.54, 1.807) is 6.08 Å². The van der Waals surface area contributed by atoms with E-state index in [0.29, 0.717) is 12.6 Å². The summed E-state index contributed by atoms with van der Waals surface area (Å²) in [4.78, 5) is 17.2. The molecule has 0 aromatic heterocycles. The SMILES string of the molecule is O=C(C=Cc1ccc(N2CCOCC2)cc1)NCC1CCCCN1Cc1ccccc1. The molecule has 2 aromatic carbocycles. The smallest absolute Gasteiger partial charge is 0.244 e. The van der Waals surface area contributed by atoms with Gasteiger partial charge in [-0.2, -0.15) is 0 Å². The monoisotopic (exact) mass is 419 g/mol. The van der Waals surface area contributed by atoms with Gasteiger partial charge in [-0.05, 0) is 48.7 Å². The number of morpholine rings is 1. The fraction of sp³-hybridized carbons (Fsp3) is 0.423. The van der Waals surface area contributed by atoms with E-state index in [4.69, 9.17) is 4.74 Å². The number of hydrogen-bond donors (Lipinski definition) is 1. The molecule has 1 amide bonds. The van der Waals surface area contributed by atoms with Gasteiger partial charge in [0.15, 0.2) is 0 Å². The molecule has 1 atom stereocenters. The number of benzene rings is 2. The Morgan fingerprint density at radius 1 is 1.00 bits per heavy atom. The zero-order valence-electron chi connectivity index (χ0n) is 18.2. The second-order valence-electron chi connectivity index (χ2n) is 8.38. The summed E-state index contributed by atoms with van der Waals surface area (Å²) in [5.74, 6) is -0.0255. The van der Waals surface area contributed by atoms with Gasteiger partial charge in [-0.25, -0.2) is 0 Å². The fourth-order valence-corrected chi connectivity index (χ4v) is 4.38. The Morgan fingerprint density at radius 2 is 1.77 bits per heavy atom. The summed E-state index contributed by atoms with van der Waals surface area (Å²) in [6.07, 6.45) is 7.14. The molecule has 4 rings (SSSR count). The summed E-state index contributed by atoms with van der Waals surface area (Å²) >= 11 is 0. The van der Waals surface area contributed by atoms with Crippen molar-refractivity contribution < 1.29 is 9.53 Å². The zero-order valence-corrected chi connectivity index (χ0v) is 18.2. The molecule has 2 fully saturated rings. The average molecular weight is 420 g/mol. The lowest BCUT2D eigenvalue weighted by atomic mass is 10.0. The summed E-state index contributed by atoms with van der Waals surface area (Å²) in [6.45, 7) is 6.18. The molecule has 5 heteroatoms. The van der Waals surface area contributed by atoms with Crippen LogP contribution in [0.5, 0.6) is 0 Å². The van der Waals surface area contributed by atoms with Gasteiger partial charge in [-0.3, -0.25) is 9.69 Å². The number of amides is 1. The molecule has 2 aliphatic rings. The van der Waals surface area contributed by atoms with E-state index in [-0.39, 0.29) is 5.91 Å². The first kappa shape index (κ1) is 21.6. The Morgan fingerprint density at radius 3 is 2.55 bits per heavy atom. The van der Waals surface area contributed by atoms with E-state index in [2.05, 4.69) is 69.7 Å². The number of ether oxygens (including phenoxy) is 1. The number of anilines is 1. The quantitative estimate of drug-likeness (QED) is 0.695. The maximum Gasteiger partial charge on any atom is 0.244 e. The molecule has 164 valence electrons. The highest BCUT2D eigenvalue weighted by molar-refractivity contribution is 5.91. The van der Waals surface area contributed by atoms with Crippen molar-refractivity contribution in [3.05, 3.63) is 71.8 Å². The van der Waals surface area contributed by atoms with Crippen LogP contribution in [0.3, 0.4) is 0 Å². The third-order valence-electron chi connectivity index (χ3n) is 6.19. The van der Waals surface area contributed by atoms with Gasteiger partial charge in [-0.15, -0.1) is 0 Å². The molecule has 1 unspecified atom stereocenters. The van der Waals surface area contributed by atoms with E-state index in [1.165, 1.54) is 24.1 Å². The van der Waals surface area contributed by atoms with Gasteiger partial charge in [0.2, 0.25) is 5.91 Å². The van der Waals surface area contributed by atoms with Crippen molar-refractivity contribution in [3.63, 3.8) is 0 Å². The van der Waals surface area contributed by atoms with Gasteiger partial charge >= 0.3 is 0 Å². The highest BCUT2D eigenvalue weighted by atomic mass is 16.5. The molecule has 5 nitrogen and oxygen atoms in total. The largest absolute Gasteiger partial charge is 0.378 e. The minimum absolute atomic E-state index is 0.0255. The summed E-state index contributed by atoms with van der Waals surface area (Å²) in [5, 5.41) is 3.11. The molecule has 2 aromatic rings. The van der Waals surface area contributed by atoms with Gasteiger partial charge < -0.3 is 15.0 Å². The lowest BCUT2D eigenvalue weighted by molar-refractivity contribution is -0.116. The minimum atomic E-state index is -0.0255. The zero-order chi connectivity index (χ0) is 21.3. The van der Waals surface area contributed by atoms with Crippen molar-refractivity contribution in [2.75, 3.05) is 44.3 Å². The van der Waals surface area contributed by atoms with Gasteiger partial charge in [0.1, 0.15) is 0 Å². The van der Waals surface area contributed by atoms with Gasteiger partial charge in [-0.1, -0.05) is 48.9 Å². The predicted octanol–water partition coefficient (Wildman–Crippen LogP) is 3.71. The molecule has 0 spiro atoms. The first-order valence-corrected chi connectivity index (χ1v) is 11.4. The molecule has 0 bridgehead atoms. The molecule has 31 heavy (non-hydrogen) atoms. The first-order valence-electron chi connectivity index (χ1n) is 11.4. The summed E-state index contributed by atoms with van der Waals surface area (Å²) < 4.78 is 5.41. The maximum absolute atomic E-state index is 12.4. The van der Waals surface area contributed by atoms with Crippen LogP contribution < -0.4 is 10.2 Å². The second kappa shape index (κ2) is 11.1. The van der Waals surface area contributed by atoms with E-state index >= 15 is 0 Å². The predicted molar refractivity (Wildman–Crippen MR) is 126 cm³/mol. The molecule has 2 aliphatic heterocycles. The Hall–Kier alpha value is -2.63. The molecule has 2 saturated heterocycles. The average Bonchev–Trinajstić information content (AvgIpc) is 2.84. The van der Waals surface area contributed by atoms with Crippen molar-refractivity contribution in [1.29, 1.82) is 0 Å². The lowest BCUT2D eigenvalue weighted by Gasteiger charge is -2.35. The Labute approximate surface area is 185 Å². The number of nitrogens with one attached hydrogen (secondary N) is 1. The Kier molecular flexibility index (Phi) is 7.75. The van der Waals surface area contributed by atoms with E-state index in [9.17, 15) is 4.79 Å². The van der Waals surface area contributed by atoms with E-state index < -0.39 is 0 Å². The van der Waals surface area contributed by atoms with E-state index in [1.807, 2.05) is 6.08 Å². The number of rotatable bonds is 7. The van der Waals surface area contributed by atoms with Crippen molar-refractivity contribution >= 4 is 17.7 Å². The number of carbonyl (C=O) groups excluding carboxylic acids is 1. The topological polar surface area (TPSA) is 44.8 Å². The van der Waals surface area contributed by atoms with Crippen LogP contribution in [0.2, 0.25) is 0 Å². The minimum Gasteiger partial charge on any atom is -0.378 e. The third-order valence-corrected chi connectivity index (χ3v) is 6.19. The molecular weight excluding hydrogens is 386 g/mol. The van der Waals surface area contributed by atoms with Crippen LogP contribution in [-0.2, 0) is 16.1 Å². The second-order valence-corrected chi connectivity index (χ2v) is 8.38. The Bertz CT molecular complexity index is 845. The standard InChI is InChI=1S/C26H33N3O2/c30-26(14-11-22-9-12-24(13-10-22)28-16-18-31-19-17-28)27-20-25-8-4-5-15-29(25)21-23-6-2-1-3-7-23/h1-3,6-7,9-14,25H,4-5,8,15-21H2,(H,27,30). The molecule has 0 radical (unpaired) electrons. The normalized spacial score (nSPS) is 20.1. The third kappa shape index (κ3) is 6.42. The van der Waals surface area contributed by atoms with Crippen LogP contribution in [0.25, 0.3) is 6.08 Å². The van der Waals surface area contributed by atoms with Crippen LogP contribution in [-0.4, -0.2) is 56.2 Å². The molecule has 0 saturated carbocycles. The van der Waals surface area contributed by atoms with Crippen molar-refractivity contribution in [3.8, 4) is 0 Å². The van der Waals surface area contributed by atoms with Crippen LogP contribution in [0.15, 0.2) is 60.7 Å². The van der Waals surface area contributed by atoms with Gasteiger partial charge in [0.25, 0.3) is 0 Å². The number of likely N-dealkylation sites (tertiary alicyclic amines) is 1. The molecule has 1 N–H and O–H groups in total. The highest BCUT2D eigenvalue weighted by Gasteiger charge is 2.22. The van der Waals surface area contributed by atoms with Gasteiger partial charge in [0.05, 0.1) is 13.2 Å². The molecule has 0 aliphatic carbocycles. The number of nitrogens with zero attached hydrogens (tertiary/aromatic N) is 2.